The van der Waals surface area contributed by atoms with Gasteiger partial charge in [-0.25, -0.2) is 4.39 Å². The molecular weight excluding hydrogens is 315 g/mol. The number of benzene rings is 3. The largest absolute Gasteiger partial charge is 0.490 e. The molecular formula is C22H19FO2. The second-order valence-corrected chi connectivity index (χ2v) is 5.53. The zero-order valence-electron chi connectivity index (χ0n) is 13.9. The van der Waals surface area contributed by atoms with E-state index in [0.29, 0.717) is 29.9 Å². The van der Waals surface area contributed by atoms with E-state index in [2.05, 4.69) is 13.2 Å². The summed E-state index contributed by atoms with van der Waals surface area (Å²) in [6.45, 7) is 8.10. The monoisotopic (exact) mass is 334 g/mol. The van der Waals surface area contributed by atoms with Crippen LogP contribution in [-0.4, -0.2) is 13.2 Å². The number of ether oxygens (including phenoxy) is 2. The van der Waals surface area contributed by atoms with Crippen molar-refractivity contribution in [2.75, 3.05) is 13.2 Å². The lowest BCUT2D eigenvalue weighted by Crippen LogP contribution is -1.94. The van der Waals surface area contributed by atoms with Crippen molar-refractivity contribution >= 4 is 10.8 Å². The summed E-state index contributed by atoms with van der Waals surface area (Å²) in [6, 6.07) is 16.4. The van der Waals surface area contributed by atoms with Gasteiger partial charge in [0.15, 0.2) is 0 Å². The van der Waals surface area contributed by atoms with Crippen LogP contribution in [-0.2, 0) is 0 Å². The van der Waals surface area contributed by atoms with Crippen LogP contribution in [0.4, 0.5) is 4.39 Å². The van der Waals surface area contributed by atoms with E-state index in [1.165, 1.54) is 0 Å². The molecule has 0 aliphatic heterocycles. The first kappa shape index (κ1) is 16.8. The predicted molar refractivity (Wildman–Crippen MR) is 101 cm³/mol. The van der Waals surface area contributed by atoms with Crippen LogP contribution in [0, 0.1) is 5.82 Å². The Hall–Kier alpha value is -3.07. The first-order chi connectivity index (χ1) is 12.2. The molecule has 0 aromatic heterocycles. The van der Waals surface area contributed by atoms with Crippen LogP contribution in [0.5, 0.6) is 11.5 Å². The van der Waals surface area contributed by atoms with Gasteiger partial charge in [-0.3, -0.25) is 0 Å². The second-order valence-electron chi connectivity index (χ2n) is 5.53. The Morgan fingerprint density at radius 1 is 0.800 bits per heavy atom. The van der Waals surface area contributed by atoms with E-state index in [1.807, 2.05) is 36.4 Å². The maximum absolute atomic E-state index is 14.9. The summed E-state index contributed by atoms with van der Waals surface area (Å²) in [5.74, 6) is 1.18. The van der Waals surface area contributed by atoms with Crippen molar-refractivity contribution in [1.29, 1.82) is 0 Å². The smallest absolute Gasteiger partial charge is 0.138 e. The first-order valence-corrected chi connectivity index (χ1v) is 8.03. The molecule has 0 spiro atoms. The summed E-state index contributed by atoms with van der Waals surface area (Å²) in [6.07, 6.45) is 3.36. The Labute approximate surface area is 146 Å². The highest BCUT2D eigenvalue weighted by Crippen LogP contribution is 2.31. The number of hydrogen-bond donors (Lipinski definition) is 0. The van der Waals surface area contributed by atoms with E-state index in [9.17, 15) is 4.39 Å². The molecule has 3 rings (SSSR count). The SMILES string of the molecule is C=CCOc1ccc(-c2ccc3cc(OCC=C)ccc3c2F)cc1. The Morgan fingerprint density at radius 3 is 2.12 bits per heavy atom. The fourth-order valence-corrected chi connectivity index (χ4v) is 2.62. The second kappa shape index (κ2) is 7.67. The fourth-order valence-electron chi connectivity index (χ4n) is 2.62. The molecule has 0 N–H and O–H groups in total. The van der Waals surface area contributed by atoms with Gasteiger partial charge in [0.1, 0.15) is 30.5 Å². The minimum atomic E-state index is -0.243. The molecule has 25 heavy (non-hydrogen) atoms. The van der Waals surface area contributed by atoms with E-state index < -0.39 is 0 Å². The Balaban J connectivity index is 1.93. The lowest BCUT2D eigenvalue weighted by Gasteiger charge is -2.10. The number of rotatable bonds is 7. The van der Waals surface area contributed by atoms with Crippen LogP contribution < -0.4 is 9.47 Å². The molecule has 2 nitrogen and oxygen atoms in total. The lowest BCUT2D eigenvalue weighted by atomic mass is 10.00. The standard InChI is InChI=1S/C22H19FO2/c1-3-13-24-18-8-5-16(6-9-18)20-11-7-17-15-19(25-14-4-2)10-12-21(17)22(20)23/h3-12,15H,1-2,13-14H2. The maximum atomic E-state index is 14.9. The Morgan fingerprint density at radius 2 is 1.44 bits per heavy atom. The third kappa shape index (κ3) is 3.72. The maximum Gasteiger partial charge on any atom is 0.138 e. The average Bonchev–Trinajstić information content (AvgIpc) is 2.65. The third-order valence-electron chi connectivity index (χ3n) is 3.83. The average molecular weight is 334 g/mol. The molecule has 0 aliphatic carbocycles. The minimum absolute atomic E-state index is 0.243. The molecule has 3 heteroatoms. The van der Waals surface area contributed by atoms with Crippen LogP contribution in [0.15, 0.2) is 79.9 Å². The Bertz CT molecular complexity index is 898. The molecule has 0 aliphatic rings. The van der Waals surface area contributed by atoms with Crippen molar-refractivity contribution in [1.82, 2.24) is 0 Å². The molecule has 0 amide bonds. The van der Waals surface area contributed by atoms with Crippen LogP contribution in [0.2, 0.25) is 0 Å². The van der Waals surface area contributed by atoms with Gasteiger partial charge in [-0.05, 0) is 41.3 Å². The van der Waals surface area contributed by atoms with E-state index in [4.69, 9.17) is 9.47 Å². The molecule has 3 aromatic carbocycles. The zero-order chi connectivity index (χ0) is 17.6. The topological polar surface area (TPSA) is 18.5 Å². The van der Waals surface area contributed by atoms with Crippen molar-refractivity contribution in [3.8, 4) is 22.6 Å². The molecule has 0 heterocycles. The van der Waals surface area contributed by atoms with Crippen LogP contribution in [0.3, 0.4) is 0 Å². The molecule has 0 saturated carbocycles. The third-order valence-corrected chi connectivity index (χ3v) is 3.83. The van der Waals surface area contributed by atoms with Gasteiger partial charge in [-0.1, -0.05) is 49.6 Å². The van der Waals surface area contributed by atoms with Gasteiger partial charge in [0.25, 0.3) is 0 Å². The van der Waals surface area contributed by atoms with Crippen molar-refractivity contribution in [2.45, 2.75) is 0 Å². The van der Waals surface area contributed by atoms with Crippen LogP contribution in [0.1, 0.15) is 0 Å². The summed E-state index contributed by atoms with van der Waals surface area (Å²) in [5, 5.41) is 1.36. The van der Waals surface area contributed by atoms with Gasteiger partial charge < -0.3 is 9.47 Å². The lowest BCUT2D eigenvalue weighted by molar-refractivity contribution is 0.363. The van der Waals surface area contributed by atoms with Crippen molar-refractivity contribution in [2.24, 2.45) is 0 Å². The van der Waals surface area contributed by atoms with Crippen molar-refractivity contribution in [3.05, 3.63) is 85.7 Å². The molecule has 0 atom stereocenters. The Kier molecular flexibility index (Phi) is 5.14. The van der Waals surface area contributed by atoms with Gasteiger partial charge in [0, 0.05) is 10.9 Å². The highest BCUT2D eigenvalue weighted by atomic mass is 19.1. The first-order valence-electron chi connectivity index (χ1n) is 8.03. The van der Waals surface area contributed by atoms with E-state index in [1.54, 1.807) is 30.4 Å². The van der Waals surface area contributed by atoms with E-state index in [0.717, 1.165) is 16.7 Å². The molecule has 0 bridgehead atoms. The number of halogens is 1. The molecule has 0 fully saturated rings. The summed E-state index contributed by atoms with van der Waals surface area (Å²) in [5.41, 5.74) is 1.36. The molecule has 0 radical (unpaired) electrons. The number of fused-ring (bicyclic) bond motifs is 1. The minimum Gasteiger partial charge on any atom is -0.490 e. The van der Waals surface area contributed by atoms with E-state index >= 15 is 0 Å². The van der Waals surface area contributed by atoms with Crippen molar-refractivity contribution < 1.29 is 13.9 Å². The number of hydrogen-bond acceptors (Lipinski definition) is 2. The highest BCUT2D eigenvalue weighted by Gasteiger charge is 2.10. The van der Waals surface area contributed by atoms with Gasteiger partial charge in [-0.2, -0.15) is 0 Å². The van der Waals surface area contributed by atoms with E-state index in [-0.39, 0.29) is 5.82 Å². The van der Waals surface area contributed by atoms with Gasteiger partial charge >= 0.3 is 0 Å². The molecule has 3 aromatic rings. The van der Waals surface area contributed by atoms with Crippen molar-refractivity contribution in [3.63, 3.8) is 0 Å². The van der Waals surface area contributed by atoms with Crippen LogP contribution >= 0.6 is 0 Å². The predicted octanol–water partition coefficient (Wildman–Crippen LogP) is 5.78. The summed E-state index contributed by atoms with van der Waals surface area (Å²) in [7, 11) is 0. The van der Waals surface area contributed by atoms with Gasteiger partial charge in [-0.15, -0.1) is 0 Å². The summed E-state index contributed by atoms with van der Waals surface area (Å²) >= 11 is 0. The molecule has 0 unspecified atom stereocenters. The summed E-state index contributed by atoms with van der Waals surface area (Å²) in [4.78, 5) is 0. The molecule has 0 saturated heterocycles. The zero-order valence-corrected chi connectivity index (χ0v) is 13.9. The van der Waals surface area contributed by atoms with Gasteiger partial charge in [0.05, 0.1) is 0 Å². The highest BCUT2D eigenvalue weighted by molar-refractivity contribution is 5.89. The van der Waals surface area contributed by atoms with Crippen LogP contribution in [0.25, 0.3) is 21.9 Å². The summed E-state index contributed by atoms with van der Waals surface area (Å²) < 4.78 is 25.9. The quantitative estimate of drug-likeness (QED) is 0.510. The molecule has 126 valence electrons. The van der Waals surface area contributed by atoms with Gasteiger partial charge in [0.2, 0.25) is 0 Å². The fraction of sp³-hybridized carbons (Fsp3) is 0.0909. The normalized spacial score (nSPS) is 10.4.